The Hall–Kier alpha value is -1.58. The molecule has 1 saturated heterocycles. The van der Waals surface area contributed by atoms with Crippen molar-refractivity contribution in [1.29, 1.82) is 0 Å². The topological polar surface area (TPSA) is 39.3 Å². The van der Waals surface area contributed by atoms with E-state index in [0.29, 0.717) is 11.5 Å². The number of fused-ring (bicyclic) bond motifs is 3. The van der Waals surface area contributed by atoms with Crippen molar-refractivity contribution in [3.63, 3.8) is 0 Å². The van der Waals surface area contributed by atoms with E-state index in [4.69, 9.17) is 0 Å². The molecule has 2 bridgehead atoms. The van der Waals surface area contributed by atoms with Gasteiger partial charge in [0.1, 0.15) is 0 Å². The normalized spacial score (nSPS) is 29.6. The third-order valence-corrected chi connectivity index (χ3v) is 6.36. The van der Waals surface area contributed by atoms with Crippen LogP contribution in [0.5, 0.6) is 0 Å². The highest BCUT2D eigenvalue weighted by Gasteiger charge is 2.44. The first-order chi connectivity index (χ1) is 11.6. The van der Waals surface area contributed by atoms with Gasteiger partial charge in [0.05, 0.1) is 6.61 Å². The summed E-state index contributed by atoms with van der Waals surface area (Å²) in [5, 5.41) is 10.7. The molecule has 1 fully saturated rings. The maximum Gasteiger partial charge on any atom is 0.0682 e. The van der Waals surface area contributed by atoms with Crippen molar-refractivity contribution in [3.8, 4) is 0 Å². The first-order valence-electron chi connectivity index (χ1n) is 9.25. The number of aromatic amines is 1. The molecule has 5 rings (SSSR count). The van der Waals surface area contributed by atoms with E-state index in [0.717, 1.165) is 24.4 Å². The summed E-state index contributed by atoms with van der Waals surface area (Å²) >= 11 is 0. The fraction of sp³-hybridized carbons (Fsp3) is 0.524. The molecule has 3 unspecified atom stereocenters. The third-order valence-electron chi connectivity index (χ3n) is 6.36. The zero-order chi connectivity index (χ0) is 16.7. The summed E-state index contributed by atoms with van der Waals surface area (Å²) < 4.78 is 0. The average Bonchev–Trinajstić information content (AvgIpc) is 3.02. The van der Waals surface area contributed by atoms with Crippen molar-refractivity contribution in [2.75, 3.05) is 13.1 Å². The molecule has 0 spiro atoms. The molecule has 3 nitrogen and oxygen atoms in total. The second-order valence-electron chi connectivity index (χ2n) is 7.90. The molecule has 3 atom stereocenters. The molecule has 2 aliphatic heterocycles. The van der Waals surface area contributed by atoms with Gasteiger partial charge in [0.25, 0.3) is 0 Å². The van der Waals surface area contributed by atoms with Crippen LogP contribution in [0.25, 0.3) is 10.9 Å². The summed E-state index contributed by atoms with van der Waals surface area (Å²) in [6.45, 7) is 7.22. The molecule has 3 heterocycles. The number of benzene rings is 1. The van der Waals surface area contributed by atoms with Gasteiger partial charge in [0.15, 0.2) is 0 Å². The predicted molar refractivity (Wildman–Crippen MR) is 98.9 cm³/mol. The lowest BCUT2D eigenvalue weighted by Crippen LogP contribution is -2.55. The zero-order valence-electron chi connectivity index (χ0n) is 14.8. The second-order valence-corrected chi connectivity index (χ2v) is 7.90. The van der Waals surface area contributed by atoms with Gasteiger partial charge < -0.3 is 10.1 Å². The number of nitrogens with one attached hydrogen (secondary N) is 1. The van der Waals surface area contributed by atoms with Crippen LogP contribution in [0.2, 0.25) is 0 Å². The minimum Gasteiger partial charge on any atom is -0.392 e. The summed E-state index contributed by atoms with van der Waals surface area (Å²) in [6.07, 6.45) is 10.7. The van der Waals surface area contributed by atoms with Crippen LogP contribution in [0, 0.1) is 11.3 Å². The molecular formula is C21H28N2O. The van der Waals surface area contributed by atoms with Crippen LogP contribution < -0.4 is 0 Å². The summed E-state index contributed by atoms with van der Waals surface area (Å²) in [4.78, 5) is 6.06. The molecule has 3 heteroatoms. The fourth-order valence-corrected chi connectivity index (χ4v) is 4.76. The number of H-pyrrole nitrogens is 1. The number of piperidine rings is 1. The average molecular weight is 324 g/mol. The number of aromatic nitrogens is 1. The second kappa shape index (κ2) is 6.05. The monoisotopic (exact) mass is 324 g/mol. The Bertz CT molecular complexity index is 762. The maximum absolute atomic E-state index is 9.39. The lowest BCUT2D eigenvalue weighted by Gasteiger charge is -2.52. The minimum atomic E-state index is 0.107. The number of hydrogen-bond acceptors (Lipinski definition) is 2. The van der Waals surface area contributed by atoms with Crippen LogP contribution in [0.1, 0.15) is 37.8 Å². The predicted octanol–water partition coefficient (Wildman–Crippen LogP) is 3.88. The van der Waals surface area contributed by atoms with E-state index in [1.165, 1.54) is 35.9 Å². The molecule has 2 aromatic rings. The fourth-order valence-electron chi connectivity index (χ4n) is 4.76. The van der Waals surface area contributed by atoms with Gasteiger partial charge in [0.2, 0.25) is 0 Å². The molecule has 1 aromatic heterocycles. The number of nitrogens with zero attached hydrogens (tertiary/aromatic N) is 1. The van der Waals surface area contributed by atoms with E-state index in [2.05, 4.69) is 54.2 Å². The number of hydrogen-bond donors (Lipinski definition) is 2. The summed E-state index contributed by atoms with van der Waals surface area (Å²) in [7, 11) is 0. The standard InChI is InChI=1S/C21H28N2O/c1-3-21(2)11-16-5-7-20(21)23(13-16)9-8-17-12-22-19-6-4-15(14-24)10-18(17)19/h4-7,10,12,16,20,22,24H,3,8-9,11,13-14H2,1-2H3. The first-order valence-corrected chi connectivity index (χ1v) is 9.25. The van der Waals surface area contributed by atoms with Crippen LogP contribution in [-0.2, 0) is 13.0 Å². The third kappa shape index (κ3) is 2.60. The van der Waals surface area contributed by atoms with E-state index < -0.39 is 0 Å². The molecule has 0 radical (unpaired) electrons. The number of aliphatic hydroxyl groups is 1. The van der Waals surface area contributed by atoms with E-state index in [1.54, 1.807) is 0 Å². The molecule has 0 amide bonds. The molecule has 24 heavy (non-hydrogen) atoms. The molecule has 1 aromatic carbocycles. The first kappa shape index (κ1) is 15.9. The van der Waals surface area contributed by atoms with E-state index in [-0.39, 0.29) is 6.61 Å². The molecule has 0 saturated carbocycles. The Labute approximate surface area is 144 Å². The highest BCUT2D eigenvalue weighted by atomic mass is 16.3. The number of aliphatic hydroxyl groups excluding tert-OH is 1. The molecule has 2 N–H and O–H groups in total. The summed E-state index contributed by atoms with van der Waals surface area (Å²) in [5.74, 6) is 0.726. The van der Waals surface area contributed by atoms with Crippen LogP contribution in [-0.4, -0.2) is 34.1 Å². The highest BCUT2D eigenvalue weighted by molar-refractivity contribution is 5.83. The van der Waals surface area contributed by atoms with Crippen LogP contribution in [0.3, 0.4) is 0 Å². The Balaban J connectivity index is 1.52. The van der Waals surface area contributed by atoms with E-state index in [9.17, 15) is 5.11 Å². The van der Waals surface area contributed by atoms with Crippen LogP contribution >= 0.6 is 0 Å². The van der Waals surface area contributed by atoms with Gasteiger partial charge in [-0.1, -0.05) is 32.1 Å². The van der Waals surface area contributed by atoms with Gasteiger partial charge in [-0.2, -0.15) is 0 Å². The van der Waals surface area contributed by atoms with Crippen molar-refractivity contribution in [2.45, 2.75) is 45.8 Å². The minimum absolute atomic E-state index is 0.107. The van der Waals surface area contributed by atoms with Gasteiger partial charge in [-0.3, -0.25) is 4.90 Å². The highest BCUT2D eigenvalue weighted by Crippen LogP contribution is 2.45. The lowest BCUT2D eigenvalue weighted by atomic mass is 9.65. The van der Waals surface area contributed by atoms with Gasteiger partial charge in [-0.05, 0) is 53.9 Å². The van der Waals surface area contributed by atoms with Crippen LogP contribution in [0.15, 0.2) is 36.5 Å². The zero-order valence-corrected chi connectivity index (χ0v) is 14.8. The van der Waals surface area contributed by atoms with Crippen LogP contribution in [0.4, 0.5) is 0 Å². The van der Waals surface area contributed by atoms with Gasteiger partial charge >= 0.3 is 0 Å². The molecular weight excluding hydrogens is 296 g/mol. The van der Waals surface area contributed by atoms with E-state index >= 15 is 0 Å². The SMILES string of the molecule is CCC1(C)CC2C=CC1N(CCc1c[nH]c3ccc(CO)cc13)C2. The van der Waals surface area contributed by atoms with E-state index in [1.807, 2.05) is 6.07 Å². The van der Waals surface area contributed by atoms with Gasteiger partial charge in [0, 0.05) is 36.2 Å². The van der Waals surface area contributed by atoms with Gasteiger partial charge in [-0.25, -0.2) is 0 Å². The summed E-state index contributed by atoms with van der Waals surface area (Å²) in [5.41, 5.74) is 3.95. The molecule has 128 valence electrons. The van der Waals surface area contributed by atoms with Crippen molar-refractivity contribution in [1.82, 2.24) is 9.88 Å². The van der Waals surface area contributed by atoms with Crippen molar-refractivity contribution in [2.24, 2.45) is 11.3 Å². The molecule has 1 aliphatic carbocycles. The largest absolute Gasteiger partial charge is 0.392 e. The summed E-state index contributed by atoms with van der Waals surface area (Å²) in [6, 6.07) is 6.78. The Kier molecular flexibility index (Phi) is 4.01. The molecule has 3 aliphatic rings. The Morgan fingerprint density at radius 3 is 2.96 bits per heavy atom. The maximum atomic E-state index is 9.39. The Morgan fingerprint density at radius 2 is 2.21 bits per heavy atom. The Morgan fingerprint density at radius 1 is 1.33 bits per heavy atom. The number of rotatable bonds is 5. The van der Waals surface area contributed by atoms with Crippen molar-refractivity contribution in [3.05, 3.63) is 47.7 Å². The van der Waals surface area contributed by atoms with Crippen molar-refractivity contribution < 1.29 is 5.11 Å². The smallest absolute Gasteiger partial charge is 0.0682 e. The quantitative estimate of drug-likeness (QED) is 0.819. The van der Waals surface area contributed by atoms with Crippen molar-refractivity contribution >= 4 is 10.9 Å². The lowest BCUT2D eigenvalue weighted by molar-refractivity contribution is 0.0167. The van der Waals surface area contributed by atoms with Gasteiger partial charge in [-0.15, -0.1) is 0 Å².